The molecule has 10 heteroatoms. The van der Waals surface area contributed by atoms with Crippen LogP contribution >= 0.6 is 34.4 Å². The topological polar surface area (TPSA) is 83.6 Å². The molecular formula is C23H18FN5OS3. The van der Waals surface area contributed by atoms with E-state index in [2.05, 4.69) is 20.5 Å². The summed E-state index contributed by atoms with van der Waals surface area (Å²) in [6.07, 6.45) is 0. The Hall–Kier alpha value is -3.08. The Morgan fingerprint density at radius 3 is 2.70 bits per heavy atom. The van der Waals surface area contributed by atoms with Crippen LogP contribution < -0.4 is 10.9 Å². The van der Waals surface area contributed by atoms with E-state index in [-0.39, 0.29) is 16.6 Å². The molecule has 5 aromatic rings. The Morgan fingerprint density at radius 1 is 1.12 bits per heavy atom. The molecule has 0 aliphatic heterocycles. The lowest BCUT2D eigenvalue weighted by Gasteiger charge is -2.08. The molecular weight excluding hydrogens is 477 g/mol. The first kappa shape index (κ1) is 21.7. The maximum Gasteiger partial charge on any atom is 0.260 e. The van der Waals surface area contributed by atoms with Crippen LogP contribution in [0.3, 0.4) is 0 Å². The minimum atomic E-state index is -0.258. The van der Waals surface area contributed by atoms with Gasteiger partial charge in [0, 0.05) is 17.5 Å². The van der Waals surface area contributed by atoms with Gasteiger partial charge in [-0.2, -0.15) is 0 Å². The van der Waals surface area contributed by atoms with Crippen LogP contribution in [0.1, 0.15) is 23.6 Å². The highest BCUT2D eigenvalue weighted by Gasteiger charge is 2.18. The van der Waals surface area contributed by atoms with Gasteiger partial charge in [-0.1, -0.05) is 65.6 Å². The molecule has 0 saturated carbocycles. The van der Waals surface area contributed by atoms with Gasteiger partial charge < -0.3 is 10.3 Å². The van der Waals surface area contributed by atoms with E-state index in [9.17, 15) is 9.18 Å². The van der Waals surface area contributed by atoms with Crippen molar-refractivity contribution in [2.45, 2.75) is 23.1 Å². The second-order valence-corrected chi connectivity index (χ2v) is 10.7. The first-order valence-corrected chi connectivity index (χ1v) is 12.7. The first-order valence-electron chi connectivity index (χ1n) is 10.1. The maximum atomic E-state index is 13.0. The lowest BCUT2D eigenvalue weighted by atomic mass is 10.1. The molecule has 2 aromatic carbocycles. The highest BCUT2D eigenvalue weighted by Crippen LogP contribution is 2.37. The Morgan fingerprint density at radius 2 is 1.91 bits per heavy atom. The zero-order valence-electron chi connectivity index (χ0n) is 17.4. The number of thioether (sulfide) groups is 1. The Labute approximate surface area is 201 Å². The normalized spacial score (nSPS) is 12.2. The second-order valence-electron chi connectivity index (χ2n) is 7.26. The summed E-state index contributed by atoms with van der Waals surface area (Å²) in [5.74, 6) is 0.348. The SMILES string of the molecule is CC(Sc1nnc(NCc2ccc(F)cc2)s1)c1nc2scc(-c3ccccc3)c2c(=O)[nH]1. The van der Waals surface area contributed by atoms with Gasteiger partial charge in [-0.05, 0) is 30.2 Å². The first-order chi connectivity index (χ1) is 16.1. The van der Waals surface area contributed by atoms with E-state index < -0.39 is 0 Å². The zero-order valence-corrected chi connectivity index (χ0v) is 19.9. The van der Waals surface area contributed by atoms with Crippen molar-refractivity contribution in [1.82, 2.24) is 20.2 Å². The minimum Gasteiger partial charge on any atom is -0.356 e. The fourth-order valence-corrected chi connectivity index (χ4v) is 6.21. The van der Waals surface area contributed by atoms with Crippen LogP contribution in [0.25, 0.3) is 21.3 Å². The molecule has 0 aliphatic carbocycles. The number of aromatic amines is 1. The lowest BCUT2D eigenvalue weighted by molar-refractivity contribution is 0.627. The van der Waals surface area contributed by atoms with Gasteiger partial charge in [0.1, 0.15) is 16.5 Å². The van der Waals surface area contributed by atoms with Crippen LogP contribution in [-0.2, 0) is 6.54 Å². The van der Waals surface area contributed by atoms with Gasteiger partial charge in [-0.3, -0.25) is 4.79 Å². The summed E-state index contributed by atoms with van der Waals surface area (Å²) in [4.78, 5) is 21.3. The molecule has 0 fully saturated rings. The summed E-state index contributed by atoms with van der Waals surface area (Å²) in [6.45, 7) is 2.51. The fourth-order valence-electron chi connectivity index (χ4n) is 3.30. The van der Waals surface area contributed by atoms with E-state index in [4.69, 9.17) is 4.98 Å². The molecule has 0 radical (unpaired) electrons. The van der Waals surface area contributed by atoms with Gasteiger partial charge in [-0.15, -0.1) is 21.5 Å². The van der Waals surface area contributed by atoms with Crippen molar-refractivity contribution in [3.05, 3.63) is 87.5 Å². The minimum absolute atomic E-state index is 0.109. The highest BCUT2D eigenvalue weighted by molar-refractivity contribution is 8.01. The lowest BCUT2D eigenvalue weighted by Crippen LogP contribution is -2.12. The van der Waals surface area contributed by atoms with Crippen molar-refractivity contribution < 1.29 is 4.39 Å². The summed E-state index contributed by atoms with van der Waals surface area (Å²) in [5, 5.41) is 14.8. The Kier molecular flexibility index (Phi) is 6.21. The summed E-state index contributed by atoms with van der Waals surface area (Å²) in [7, 11) is 0. The molecule has 3 heterocycles. The molecule has 0 amide bonds. The van der Waals surface area contributed by atoms with E-state index >= 15 is 0 Å². The van der Waals surface area contributed by atoms with Gasteiger partial charge in [0.25, 0.3) is 5.56 Å². The number of benzene rings is 2. The average Bonchev–Trinajstić information content (AvgIpc) is 3.46. The number of H-pyrrole nitrogens is 1. The molecule has 6 nitrogen and oxygen atoms in total. The number of fused-ring (bicyclic) bond motifs is 1. The van der Waals surface area contributed by atoms with Crippen LogP contribution in [0.5, 0.6) is 0 Å². The van der Waals surface area contributed by atoms with Gasteiger partial charge in [-0.25, -0.2) is 9.37 Å². The molecule has 2 N–H and O–H groups in total. The van der Waals surface area contributed by atoms with Crippen LogP contribution in [0.15, 0.2) is 69.1 Å². The van der Waals surface area contributed by atoms with Crippen molar-refractivity contribution >= 4 is 49.8 Å². The van der Waals surface area contributed by atoms with Gasteiger partial charge in [0.05, 0.1) is 10.6 Å². The third-order valence-corrected chi connectivity index (χ3v) is 7.92. The zero-order chi connectivity index (χ0) is 22.8. The molecule has 166 valence electrons. The van der Waals surface area contributed by atoms with Crippen molar-refractivity contribution in [1.29, 1.82) is 0 Å². The number of hydrogen-bond donors (Lipinski definition) is 2. The molecule has 1 unspecified atom stereocenters. The number of hydrogen-bond acceptors (Lipinski definition) is 8. The quantitative estimate of drug-likeness (QED) is 0.265. The number of rotatable bonds is 7. The van der Waals surface area contributed by atoms with E-state index in [0.29, 0.717) is 22.9 Å². The van der Waals surface area contributed by atoms with Gasteiger partial charge in [0.15, 0.2) is 4.34 Å². The Balaban J connectivity index is 1.30. The van der Waals surface area contributed by atoms with Gasteiger partial charge >= 0.3 is 0 Å². The highest BCUT2D eigenvalue weighted by atomic mass is 32.2. The summed E-state index contributed by atoms with van der Waals surface area (Å²) in [6, 6.07) is 16.2. The van der Waals surface area contributed by atoms with Gasteiger partial charge in [0.2, 0.25) is 5.13 Å². The molecule has 1 atom stereocenters. The maximum absolute atomic E-state index is 13.0. The van der Waals surface area contributed by atoms with Crippen molar-refractivity contribution in [3.8, 4) is 11.1 Å². The number of thiophene rings is 1. The number of nitrogens with one attached hydrogen (secondary N) is 2. The monoisotopic (exact) mass is 495 g/mol. The molecule has 3 aromatic heterocycles. The number of anilines is 1. The summed E-state index contributed by atoms with van der Waals surface area (Å²) < 4.78 is 13.8. The fraction of sp³-hybridized carbons (Fsp3) is 0.130. The molecule has 5 rings (SSSR count). The van der Waals surface area contributed by atoms with Crippen LogP contribution in [-0.4, -0.2) is 20.2 Å². The summed E-state index contributed by atoms with van der Waals surface area (Å²) in [5.41, 5.74) is 2.72. The van der Waals surface area contributed by atoms with E-state index in [1.807, 2.05) is 42.6 Å². The third kappa shape index (κ3) is 4.82. The van der Waals surface area contributed by atoms with E-state index in [1.54, 1.807) is 12.1 Å². The number of nitrogens with zero attached hydrogens (tertiary/aromatic N) is 3. The molecule has 0 aliphatic rings. The molecule has 0 spiro atoms. The van der Waals surface area contributed by atoms with Crippen molar-refractivity contribution in [3.63, 3.8) is 0 Å². The number of aromatic nitrogens is 4. The number of halogens is 1. The third-order valence-electron chi connectivity index (χ3n) is 4.97. The standard InChI is InChI=1S/C23H18FN5OS3/c1-13(32-23-29-28-22(33-23)25-11-14-7-9-16(24)10-8-14)19-26-20(30)18-17(12-31-21(18)27-19)15-5-3-2-4-6-15/h2-10,12-13H,11H2,1H3,(H,25,28)(H,26,27,30). The smallest absolute Gasteiger partial charge is 0.260 e. The summed E-state index contributed by atoms with van der Waals surface area (Å²) >= 11 is 4.39. The average molecular weight is 496 g/mol. The molecule has 0 saturated heterocycles. The Bertz CT molecular complexity index is 1450. The van der Waals surface area contributed by atoms with Crippen LogP contribution in [0.4, 0.5) is 9.52 Å². The van der Waals surface area contributed by atoms with Crippen LogP contribution in [0.2, 0.25) is 0 Å². The molecule has 0 bridgehead atoms. The van der Waals surface area contributed by atoms with E-state index in [1.165, 1.54) is 46.6 Å². The van der Waals surface area contributed by atoms with Crippen molar-refractivity contribution in [2.75, 3.05) is 5.32 Å². The van der Waals surface area contributed by atoms with Crippen LogP contribution in [0, 0.1) is 5.82 Å². The second kappa shape index (κ2) is 9.42. The van der Waals surface area contributed by atoms with Crippen molar-refractivity contribution in [2.24, 2.45) is 0 Å². The predicted octanol–water partition coefficient (Wildman–Crippen LogP) is 6.11. The predicted molar refractivity (Wildman–Crippen MR) is 134 cm³/mol. The van der Waals surface area contributed by atoms with E-state index in [0.717, 1.165) is 25.9 Å². The largest absolute Gasteiger partial charge is 0.356 e. The molecule has 33 heavy (non-hydrogen) atoms.